The maximum absolute atomic E-state index is 15.1. The Kier molecular flexibility index (Phi) is 6.22. The molecule has 1 saturated heterocycles. The van der Waals surface area contributed by atoms with Gasteiger partial charge in [-0.3, -0.25) is 9.59 Å². The fourth-order valence-corrected chi connectivity index (χ4v) is 6.16. The molecule has 1 aromatic carbocycles. The monoisotopic (exact) mass is 553 g/mol. The first-order chi connectivity index (χ1) is 17.5. The maximum Gasteiger partial charge on any atom is 0.282 e. The van der Waals surface area contributed by atoms with Gasteiger partial charge in [-0.1, -0.05) is 29.4 Å². The van der Waals surface area contributed by atoms with Gasteiger partial charge in [0.25, 0.3) is 11.8 Å². The van der Waals surface area contributed by atoms with Crippen molar-refractivity contribution >= 4 is 46.0 Å². The second-order valence-electron chi connectivity index (χ2n) is 9.22. The summed E-state index contributed by atoms with van der Waals surface area (Å²) in [5.74, 6) is -5.38. The summed E-state index contributed by atoms with van der Waals surface area (Å²) in [6.45, 7) is -2.41. The number of thioether (sulfide) groups is 1. The Bertz CT molecular complexity index is 1330. The highest BCUT2D eigenvalue weighted by atomic mass is 35.5. The van der Waals surface area contributed by atoms with Gasteiger partial charge in [-0.2, -0.15) is 0 Å². The number of alkyl halides is 3. The quantitative estimate of drug-likeness (QED) is 0.413. The number of rotatable bonds is 6. The van der Waals surface area contributed by atoms with Crippen molar-refractivity contribution in [1.29, 1.82) is 0 Å². The van der Waals surface area contributed by atoms with Crippen LogP contribution in [0.5, 0.6) is 0 Å². The largest absolute Gasteiger partial charge is 0.378 e. The summed E-state index contributed by atoms with van der Waals surface area (Å²) >= 11 is 6.92. The normalized spacial score (nSPS) is 27.8. The Hall–Kier alpha value is -3.12. The van der Waals surface area contributed by atoms with Gasteiger partial charge in [0.2, 0.25) is 5.91 Å². The number of pyridine rings is 1. The Morgan fingerprint density at radius 1 is 1.27 bits per heavy atom. The van der Waals surface area contributed by atoms with Crippen molar-refractivity contribution in [3.8, 4) is 0 Å². The third-order valence-corrected chi connectivity index (χ3v) is 8.14. The van der Waals surface area contributed by atoms with Crippen LogP contribution in [0.25, 0.3) is 0 Å². The van der Waals surface area contributed by atoms with Crippen molar-refractivity contribution in [2.45, 2.75) is 22.6 Å². The number of carbonyl (C=O) groups is 2. The number of aliphatic imine (C=N–C) groups is 1. The van der Waals surface area contributed by atoms with Gasteiger partial charge in [-0.25, -0.2) is 27.5 Å². The van der Waals surface area contributed by atoms with Crippen molar-refractivity contribution in [1.82, 2.24) is 9.88 Å². The number of fused-ring (bicyclic) bond motifs is 1. The van der Waals surface area contributed by atoms with E-state index in [0.29, 0.717) is 11.4 Å². The zero-order valence-corrected chi connectivity index (χ0v) is 20.6. The van der Waals surface area contributed by atoms with Crippen LogP contribution in [0.4, 0.5) is 23.2 Å². The number of nitrogens with zero attached hydrogens (tertiary/aromatic N) is 3. The Morgan fingerprint density at radius 2 is 2.03 bits per heavy atom. The average Bonchev–Trinajstić information content (AvgIpc) is 3.57. The van der Waals surface area contributed by atoms with Crippen LogP contribution in [0.2, 0.25) is 5.02 Å². The molecule has 3 heterocycles. The van der Waals surface area contributed by atoms with Crippen LogP contribution in [0.15, 0.2) is 53.7 Å². The number of hydrogen-bond donors (Lipinski definition) is 2. The van der Waals surface area contributed by atoms with E-state index in [9.17, 15) is 22.8 Å². The van der Waals surface area contributed by atoms with E-state index in [1.165, 1.54) is 42.6 Å². The van der Waals surface area contributed by atoms with E-state index in [-0.39, 0.29) is 22.1 Å². The first kappa shape index (κ1) is 25.5. The lowest BCUT2D eigenvalue weighted by Crippen LogP contribution is -2.58. The van der Waals surface area contributed by atoms with E-state index in [1.807, 2.05) is 0 Å². The number of amidine groups is 1. The van der Waals surface area contributed by atoms with Gasteiger partial charge >= 0.3 is 0 Å². The van der Waals surface area contributed by atoms with Crippen LogP contribution in [-0.4, -0.2) is 57.3 Å². The Labute approximate surface area is 218 Å². The van der Waals surface area contributed by atoms with E-state index in [1.54, 1.807) is 0 Å². The topological polar surface area (TPSA) is 101 Å². The summed E-state index contributed by atoms with van der Waals surface area (Å²) in [5, 5.41) is 2.95. The lowest BCUT2D eigenvalue weighted by molar-refractivity contribution is -0.160. The van der Waals surface area contributed by atoms with Crippen molar-refractivity contribution in [2.24, 2.45) is 16.6 Å². The molecule has 194 valence electrons. The molecule has 1 aliphatic carbocycles. The number of halogens is 5. The SMILES string of the molecule is NC1=N[C@](CF)(c2cc(NC(=O)c3ccc(Cl)cn3)ccc2F)C2C[C@]2(/C=C/C(=O)N2CC(F)(F)C2)S1. The Balaban J connectivity index is 1.41. The zero-order valence-electron chi connectivity index (χ0n) is 19.1. The molecular weight excluding hydrogens is 534 g/mol. The smallest absolute Gasteiger partial charge is 0.282 e. The predicted octanol–water partition coefficient (Wildman–Crippen LogP) is 4.15. The zero-order chi connectivity index (χ0) is 26.6. The third kappa shape index (κ3) is 4.68. The number of aromatic nitrogens is 1. The van der Waals surface area contributed by atoms with Gasteiger partial charge in [-0.05, 0) is 36.8 Å². The molecule has 7 nitrogen and oxygen atoms in total. The highest BCUT2D eigenvalue weighted by Gasteiger charge is 2.67. The fraction of sp³-hybridized carbons (Fsp3) is 0.333. The number of benzene rings is 1. The van der Waals surface area contributed by atoms with Crippen molar-refractivity contribution in [3.05, 3.63) is 70.8 Å². The number of amides is 2. The van der Waals surface area contributed by atoms with E-state index in [2.05, 4.69) is 15.3 Å². The number of anilines is 1. The minimum absolute atomic E-state index is 0.00168. The highest BCUT2D eigenvalue weighted by Crippen LogP contribution is 2.67. The summed E-state index contributed by atoms with van der Waals surface area (Å²) in [6, 6.07) is 6.63. The number of likely N-dealkylation sites (tertiary alicyclic amines) is 1. The fourth-order valence-electron chi connectivity index (χ4n) is 4.72. The second kappa shape index (κ2) is 9.02. The molecule has 3 aliphatic rings. The lowest BCUT2D eigenvalue weighted by atomic mass is 9.84. The van der Waals surface area contributed by atoms with Crippen molar-refractivity contribution in [2.75, 3.05) is 25.1 Å². The number of carbonyl (C=O) groups excluding carboxylic acids is 2. The lowest BCUT2D eigenvalue weighted by Gasteiger charge is -2.38. The van der Waals surface area contributed by atoms with E-state index >= 15 is 4.39 Å². The minimum Gasteiger partial charge on any atom is -0.378 e. The van der Waals surface area contributed by atoms with Gasteiger partial charge in [-0.15, -0.1) is 0 Å². The molecule has 37 heavy (non-hydrogen) atoms. The highest BCUT2D eigenvalue weighted by molar-refractivity contribution is 8.15. The molecule has 5 rings (SSSR count). The van der Waals surface area contributed by atoms with Gasteiger partial charge in [0.05, 0.1) is 18.1 Å². The van der Waals surface area contributed by atoms with E-state index in [0.717, 1.165) is 22.7 Å². The van der Waals surface area contributed by atoms with Crippen LogP contribution in [-0.2, 0) is 10.3 Å². The summed E-state index contributed by atoms with van der Waals surface area (Å²) in [6.07, 6.45) is 4.33. The Morgan fingerprint density at radius 3 is 2.68 bits per heavy atom. The minimum atomic E-state index is -2.90. The molecule has 2 aromatic rings. The summed E-state index contributed by atoms with van der Waals surface area (Å²) in [4.78, 5) is 34.1. The molecule has 0 spiro atoms. The van der Waals surface area contributed by atoms with E-state index < -0.39 is 59.5 Å². The predicted molar refractivity (Wildman–Crippen MR) is 132 cm³/mol. The average molecular weight is 554 g/mol. The molecular formula is C24H20ClF4N5O2S. The van der Waals surface area contributed by atoms with E-state index in [4.69, 9.17) is 17.3 Å². The van der Waals surface area contributed by atoms with Crippen LogP contribution in [0.3, 0.4) is 0 Å². The molecule has 2 amide bonds. The van der Waals surface area contributed by atoms with Crippen LogP contribution >= 0.6 is 23.4 Å². The summed E-state index contributed by atoms with van der Waals surface area (Å²) in [7, 11) is 0. The van der Waals surface area contributed by atoms with Gasteiger partial charge < -0.3 is 16.0 Å². The molecule has 0 radical (unpaired) electrons. The molecule has 1 saturated carbocycles. The second-order valence-corrected chi connectivity index (χ2v) is 11.0. The molecule has 2 fully saturated rings. The summed E-state index contributed by atoms with van der Waals surface area (Å²) < 4.78 is 55.2. The molecule has 0 bridgehead atoms. The maximum atomic E-state index is 15.1. The third-order valence-electron chi connectivity index (χ3n) is 6.65. The number of hydrogen-bond acceptors (Lipinski definition) is 6. The molecule has 1 aromatic heterocycles. The van der Waals surface area contributed by atoms with Gasteiger partial charge in [0.15, 0.2) is 5.17 Å². The molecule has 3 atom stereocenters. The molecule has 1 unspecified atom stereocenters. The number of nitrogens with one attached hydrogen (secondary N) is 1. The van der Waals surface area contributed by atoms with Crippen LogP contribution in [0, 0.1) is 11.7 Å². The standard InChI is InChI=1S/C24H20ClF4N5O2S/c25-13-1-4-17(31-9-13)20(36)32-14-2-3-16(27)15(7-14)24(10-26)18-8-22(18,37-21(30)33-24)6-5-19(35)34-11-23(28,29)12-34/h1-7,9,18H,8,10-12H2,(H2,30,33)(H,32,36)/b6-5+/t18?,22-,24+/m0/s1. The summed E-state index contributed by atoms with van der Waals surface area (Å²) in [5.41, 5.74) is 4.49. The molecule has 13 heteroatoms. The molecule has 3 N–H and O–H groups in total. The molecule has 2 aliphatic heterocycles. The van der Waals surface area contributed by atoms with Crippen LogP contribution in [0.1, 0.15) is 22.5 Å². The van der Waals surface area contributed by atoms with Gasteiger partial charge in [0, 0.05) is 34.2 Å². The number of nitrogens with two attached hydrogens (primary N) is 1. The first-order valence-corrected chi connectivity index (χ1v) is 12.4. The van der Waals surface area contributed by atoms with Crippen molar-refractivity contribution in [3.63, 3.8) is 0 Å². The first-order valence-electron chi connectivity index (χ1n) is 11.2. The van der Waals surface area contributed by atoms with Crippen molar-refractivity contribution < 1.29 is 27.2 Å². The van der Waals surface area contributed by atoms with Crippen LogP contribution < -0.4 is 11.1 Å². The van der Waals surface area contributed by atoms with Gasteiger partial charge in [0.1, 0.15) is 23.7 Å².